The van der Waals surface area contributed by atoms with Crippen molar-refractivity contribution < 1.29 is 19.5 Å². The van der Waals surface area contributed by atoms with Gasteiger partial charge in [0.1, 0.15) is 11.3 Å². The molecule has 0 bridgehead atoms. The fourth-order valence-electron chi connectivity index (χ4n) is 3.98. The molecule has 0 radical (unpaired) electrons. The quantitative estimate of drug-likeness (QED) is 0.280. The number of aryl methyl sites for hydroxylation is 1. The molecule has 2 atom stereocenters. The van der Waals surface area contributed by atoms with Gasteiger partial charge in [0.25, 0.3) is 5.91 Å². The summed E-state index contributed by atoms with van der Waals surface area (Å²) in [5.74, 6) is 0.283. The van der Waals surface area contributed by atoms with Crippen LogP contribution in [0.5, 0.6) is 0 Å². The molecule has 4 rings (SSSR count). The zero-order valence-corrected chi connectivity index (χ0v) is 16.0. The van der Waals surface area contributed by atoms with E-state index in [0.717, 1.165) is 35.1 Å². The maximum Gasteiger partial charge on any atom is 0.267 e. The van der Waals surface area contributed by atoms with Crippen molar-refractivity contribution >= 4 is 23.0 Å². The molecule has 1 amide bonds. The van der Waals surface area contributed by atoms with Crippen molar-refractivity contribution in [3.05, 3.63) is 77.1 Å². The van der Waals surface area contributed by atoms with E-state index in [-0.39, 0.29) is 18.7 Å². The third-order valence-corrected chi connectivity index (χ3v) is 5.39. The normalized spacial score (nSPS) is 17.0. The van der Waals surface area contributed by atoms with Crippen LogP contribution in [0.25, 0.3) is 17.0 Å². The molecule has 1 aliphatic rings. The molecule has 4 N–H and O–H groups in total. The highest BCUT2D eigenvalue weighted by Gasteiger charge is 2.26. The number of fused-ring (bicyclic) bond motifs is 2. The highest BCUT2D eigenvalue weighted by molar-refractivity contribution is 5.90. The third kappa shape index (κ3) is 4.24. The van der Waals surface area contributed by atoms with E-state index in [1.54, 1.807) is 11.6 Å². The molecule has 0 saturated carbocycles. The number of hydrogen-bond acceptors (Lipinski definition) is 5. The zero-order chi connectivity index (χ0) is 20.2. The van der Waals surface area contributed by atoms with E-state index in [2.05, 4.69) is 17.4 Å². The van der Waals surface area contributed by atoms with E-state index in [9.17, 15) is 9.90 Å². The molecule has 29 heavy (non-hydrogen) atoms. The van der Waals surface area contributed by atoms with Crippen LogP contribution in [0.4, 0.5) is 0 Å². The van der Waals surface area contributed by atoms with Crippen LogP contribution in [-0.2, 0) is 11.2 Å². The van der Waals surface area contributed by atoms with Crippen molar-refractivity contribution in [2.75, 3.05) is 6.61 Å². The fraction of sp³-hybridized carbons (Fsp3) is 0.261. The van der Waals surface area contributed by atoms with Crippen LogP contribution in [0.2, 0.25) is 0 Å². The number of carbonyl (C=O) groups is 1. The van der Waals surface area contributed by atoms with E-state index < -0.39 is 5.91 Å². The second-order valence-electron chi connectivity index (χ2n) is 7.28. The van der Waals surface area contributed by atoms with Crippen LogP contribution >= 0.6 is 0 Å². The Morgan fingerprint density at radius 2 is 2.10 bits per heavy atom. The van der Waals surface area contributed by atoms with Crippen LogP contribution in [-0.4, -0.2) is 22.8 Å². The molecule has 0 spiro atoms. The van der Waals surface area contributed by atoms with E-state index in [0.29, 0.717) is 6.42 Å². The Hall–Kier alpha value is -2.93. The van der Waals surface area contributed by atoms with Crippen LogP contribution in [0, 0.1) is 0 Å². The van der Waals surface area contributed by atoms with Crippen LogP contribution in [0.3, 0.4) is 0 Å². The van der Waals surface area contributed by atoms with Gasteiger partial charge in [-0.05, 0) is 54.2 Å². The van der Waals surface area contributed by atoms with Gasteiger partial charge in [0, 0.05) is 24.1 Å². The number of para-hydroxylation sites is 1. The molecule has 1 aromatic heterocycles. The summed E-state index contributed by atoms with van der Waals surface area (Å²) in [6, 6.07) is 16.2. The van der Waals surface area contributed by atoms with Crippen LogP contribution < -0.4 is 10.8 Å². The summed E-state index contributed by atoms with van der Waals surface area (Å²) in [6.07, 6.45) is 5.44. The van der Waals surface area contributed by atoms with Crippen LogP contribution in [0.15, 0.2) is 59.0 Å². The Morgan fingerprint density at radius 3 is 2.90 bits per heavy atom. The Labute approximate surface area is 168 Å². The maximum atomic E-state index is 11.2. The summed E-state index contributed by atoms with van der Waals surface area (Å²) in [5, 5.41) is 22.9. The number of rotatable bonds is 7. The molecule has 2 unspecified atom stereocenters. The topological polar surface area (TPSA) is 94.7 Å². The molecule has 0 aliphatic heterocycles. The number of hydroxylamine groups is 1. The first-order valence-corrected chi connectivity index (χ1v) is 9.78. The Balaban J connectivity index is 1.53. The smallest absolute Gasteiger partial charge is 0.267 e. The van der Waals surface area contributed by atoms with Crippen molar-refractivity contribution in [3.8, 4) is 0 Å². The van der Waals surface area contributed by atoms with E-state index in [4.69, 9.17) is 9.62 Å². The minimum Gasteiger partial charge on any atom is -0.459 e. The van der Waals surface area contributed by atoms with E-state index in [1.807, 2.05) is 36.4 Å². The van der Waals surface area contributed by atoms with Crippen LogP contribution in [0.1, 0.15) is 47.4 Å². The van der Waals surface area contributed by atoms with Crippen molar-refractivity contribution in [3.63, 3.8) is 0 Å². The minimum atomic E-state index is -0.553. The first kappa shape index (κ1) is 19.4. The maximum absolute atomic E-state index is 11.2. The van der Waals surface area contributed by atoms with E-state index in [1.165, 1.54) is 17.2 Å². The second kappa shape index (κ2) is 8.61. The molecule has 6 heteroatoms. The predicted molar refractivity (Wildman–Crippen MR) is 110 cm³/mol. The number of carbonyl (C=O) groups excluding carboxylic acids is 1. The summed E-state index contributed by atoms with van der Waals surface area (Å²) < 4.78 is 6.02. The fourth-order valence-corrected chi connectivity index (χ4v) is 3.98. The zero-order valence-electron chi connectivity index (χ0n) is 16.0. The molecule has 0 fully saturated rings. The van der Waals surface area contributed by atoms with Gasteiger partial charge in [-0.3, -0.25) is 10.0 Å². The van der Waals surface area contributed by atoms with Gasteiger partial charge in [0.15, 0.2) is 0 Å². The van der Waals surface area contributed by atoms with E-state index >= 15 is 0 Å². The summed E-state index contributed by atoms with van der Waals surface area (Å²) in [7, 11) is 0. The number of aliphatic hydroxyl groups is 1. The molecule has 1 aliphatic carbocycles. The van der Waals surface area contributed by atoms with Gasteiger partial charge in [-0.2, -0.15) is 0 Å². The van der Waals surface area contributed by atoms with Gasteiger partial charge >= 0.3 is 0 Å². The molecular formula is C23H24N2O4. The molecule has 6 nitrogen and oxygen atoms in total. The first-order valence-electron chi connectivity index (χ1n) is 9.78. The lowest BCUT2D eigenvalue weighted by Gasteiger charge is -2.21. The number of aliphatic hydroxyl groups excluding tert-OH is 1. The standard InChI is InChI=1S/C23H24N2O4/c26-12-11-20(22-14-17-3-1-2-4-21(17)29-22)24-19-9-7-16-13-15(5-8-18(16)19)6-10-23(27)25-28/h1-6,8,10,13-14,19-20,24,26,28H,7,9,11-12H2,(H,25,27)/b10-6+. The van der Waals surface area contributed by atoms with Crippen molar-refractivity contribution in [1.29, 1.82) is 0 Å². The number of benzene rings is 2. The average molecular weight is 392 g/mol. The molecule has 150 valence electrons. The average Bonchev–Trinajstić information content (AvgIpc) is 3.35. The number of amides is 1. The van der Waals surface area contributed by atoms with Gasteiger partial charge in [0.2, 0.25) is 0 Å². The Morgan fingerprint density at radius 1 is 1.24 bits per heavy atom. The molecule has 0 saturated heterocycles. The third-order valence-electron chi connectivity index (χ3n) is 5.39. The summed E-state index contributed by atoms with van der Waals surface area (Å²) >= 11 is 0. The number of hydrogen-bond donors (Lipinski definition) is 4. The molecule has 3 aromatic rings. The Bertz CT molecular complexity index is 1010. The molecular weight excluding hydrogens is 368 g/mol. The lowest BCUT2D eigenvalue weighted by molar-refractivity contribution is -0.124. The summed E-state index contributed by atoms with van der Waals surface area (Å²) in [6.45, 7) is 0.0743. The molecule has 2 aromatic carbocycles. The minimum absolute atomic E-state index is 0.0730. The summed E-state index contributed by atoms with van der Waals surface area (Å²) in [4.78, 5) is 11.2. The van der Waals surface area contributed by atoms with Crippen molar-refractivity contribution in [2.45, 2.75) is 31.3 Å². The predicted octanol–water partition coefficient (Wildman–Crippen LogP) is 3.65. The van der Waals surface area contributed by atoms with Gasteiger partial charge < -0.3 is 14.8 Å². The highest BCUT2D eigenvalue weighted by atomic mass is 16.5. The lowest BCUT2D eigenvalue weighted by Crippen LogP contribution is -2.25. The number of furan rings is 1. The second-order valence-corrected chi connectivity index (χ2v) is 7.28. The number of nitrogens with one attached hydrogen (secondary N) is 2. The highest BCUT2D eigenvalue weighted by Crippen LogP contribution is 2.35. The summed E-state index contributed by atoms with van der Waals surface area (Å²) in [5.41, 5.74) is 5.82. The SMILES string of the molecule is O=C(/C=C/c1ccc2c(c1)CCC2NC(CCO)c1cc2ccccc2o1)NO. The van der Waals surface area contributed by atoms with Crippen molar-refractivity contribution in [1.82, 2.24) is 10.8 Å². The van der Waals surface area contributed by atoms with Crippen molar-refractivity contribution in [2.24, 2.45) is 0 Å². The van der Waals surface area contributed by atoms with Gasteiger partial charge in [-0.15, -0.1) is 0 Å². The van der Waals surface area contributed by atoms with Gasteiger partial charge in [-0.25, -0.2) is 5.48 Å². The van der Waals surface area contributed by atoms with Gasteiger partial charge in [0.05, 0.1) is 6.04 Å². The largest absolute Gasteiger partial charge is 0.459 e. The lowest BCUT2D eigenvalue weighted by atomic mass is 10.0. The monoisotopic (exact) mass is 392 g/mol. The van der Waals surface area contributed by atoms with Gasteiger partial charge in [-0.1, -0.05) is 36.4 Å². The molecule has 1 heterocycles. The Kier molecular flexibility index (Phi) is 5.76. The first-order chi connectivity index (χ1) is 14.2.